The van der Waals surface area contributed by atoms with Crippen molar-refractivity contribution in [3.8, 4) is 24.7 Å². The minimum absolute atomic E-state index is 0.0851. The van der Waals surface area contributed by atoms with Gasteiger partial charge >= 0.3 is 5.69 Å². The Morgan fingerprint density at radius 3 is 2.78 bits per heavy atom. The van der Waals surface area contributed by atoms with E-state index in [2.05, 4.69) is 11.8 Å². The third-order valence-electron chi connectivity index (χ3n) is 3.67. The van der Waals surface area contributed by atoms with Crippen molar-refractivity contribution in [3.05, 3.63) is 32.6 Å². The molecule has 0 aliphatic carbocycles. The molecule has 7 heteroatoms. The molecule has 1 aromatic heterocycles. The predicted octanol–water partition coefficient (Wildman–Crippen LogP) is -0.750. The van der Waals surface area contributed by atoms with Crippen LogP contribution in [0.3, 0.4) is 0 Å². The molecule has 2 heterocycles. The Morgan fingerprint density at radius 2 is 2.17 bits per heavy atom. The fourth-order valence-electron chi connectivity index (χ4n) is 2.56. The van der Waals surface area contributed by atoms with Gasteiger partial charge in [-0.3, -0.25) is 9.36 Å². The standard InChI is InChI=1S/C16H18N2O5/c1-4-6-17-15(20)11(3)9-18(16(17)21)14-8-12(22-7-5-2)13(10-19)23-14/h1-2,9,12-14,19H,6-8,10H2,3H3/t12-,13+,14+/m0/s1. The predicted molar refractivity (Wildman–Crippen MR) is 82.7 cm³/mol. The Kier molecular flexibility index (Phi) is 5.41. The molecule has 0 unspecified atom stereocenters. The van der Waals surface area contributed by atoms with E-state index in [9.17, 15) is 14.7 Å². The van der Waals surface area contributed by atoms with Gasteiger partial charge in [0, 0.05) is 18.2 Å². The van der Waals surface area contributed by atoms with Crippen molar-refractivity contribution in [2.45, 2.75) is 38.3 Å². The summed E-state index contributed by atoms with van der Waals surface area (Å²) in [6.07, 6.45) is 10.5. The van der Waals surface area contributed by atoms with Gasteiger partial charge in [-0.2, -0.15) is 0 Å². The van der Waals surface area contributed by atoms with Gasteiger partial charge in [0.25, 0.3) is 5.56 Å². The molecule has 3 atom stereocenters. The Balaban J connectivity index is 2.36. The van der Waals surface area contributed by atoms with Crippen LogP contribution in [0.2, 0.25) is 0 Å². The highest BCUT2D eigenvalue weighted by atomic mass is 16.6. The van der Waals surface area contributed by atoms with Crippen LogP contribution in [0, 0.1) is 31.6 Å². The lowest BCUT2D eigenvalue weighted by Crippen LogP contribution is -2.42. The van der Waals surface area contributed by atoms with Crippen LogP contribution in [-0.2, 0) is 16.0 Å². The number of aromatic nitrogens is 2. The van der Waals surface area contributed by atoms with Crippen LogP contribution < -0.4 is 11.2 Å². The summed E-state index contributed by atoms with van der Waals surface area (Å²) < 4.78 is 13.4. The largest absolute Gasteiger partial charge is 0.394 e. The van der Waals surface area contributed by atoms with Crippen LogP contribution in [0.5, 0.6) is 0 Å². The quantitative estimate of drug-likeness (QED) is 0.722. The molecule has 1 aromatic rings. The van der Waals surface area contributed by atoms with E-state index in [0.717, 1.165) is 4.57 Å². The summed E-state index contributed by atoms with van der Waals surface area (Å²) in [4.78, 5) is 24.4. The maximum absolute atomic E-state index is 12.4. The highest BCUT2D eigenvalue weighted by molar-refractivity contribution is 5.05. The van der Waals surface area contributed by atoms with E-state index < -0.39 is 29.7 Å². The van der Waals surface area contributed by atoms with Crippen LogP contribution in [0.15, 0.2) is 15.8 Å². The molecular formula is C16H18N2O5. The first kappa shape index (κ1) is 17.0. The summed E-state index contributed by atoms with van der Waals surface area (Å²) in [5.74, 6) is 4.64. The van der Waals surface area contributed by atoms with Gasteiger partial charge in [0.05, 0.1) is 19.3 Å². The lowest BCUT2D eigenvalue weighted by atomic mass is 10.2. The molecule has 0 spiro atoms. The number of ether oxygens (including phenoxy) is 2. The average Bonchev–Trinajstić information content (AvgIpc) is 2.96. The van der Waals surface area contributed by atoms with Crippen molar-refractivity contribution in [2.75, 3.05) is 13.2 Å². The molecule has 0 amide bonds. The summed E-state index contributed by atoms with van der Waals surface area (Å²) in [6.45, 7) is 1.30. The highest BCUT2D eigenvalue weighted by Crippen LogP contribution is 2.29. The molecule has 7 nitrogen and oxygen atoms in total. The molecule has 0 saturated carbocycles. The maximum Gasteiger partial charge on any atom is 0.333 e. The zero-order chi connectivity index (χ0) is 17.0. The first-order valence-corrected chi connectivity index (χ1v) is 7.10. The van der Waals surface area contributed by atoms with Crippen molar-refractivity contribution in [1.29, 1.82) is 0 Å². The van der Waals surface area contributed by atoms with Gasteiger partial charge in [-0.15, -0.1) is 12.8 Å². The summed E-state index contributed by atoms with van der Waals surface area (Å²) >= 11 is 0. The van der Waals surface area contributed by atoms with Crippen LogP contribution in [-0.4, -0.2) is 39.7 Å². The molecule has 1 N–H and O–H groups in total. The number of hydrogen-bond acceptors (Lipinski definition) is 5. The second kappa shape index (κ2) is 7.30. The van der Waals surface area contributed by atoms with Gasteiger partial charge in [-0.25, -0.2) is 9.36 Å². The molecular weight excluding hydrogens is 300 g/mol. The van der Waals surface area contributed by atoms with E-state index in [1.54, 1.807) is 6.92 Å². The van der Waals surface area contributed by atoms with Crippen molar-refractivity contribution in [1.82, 2.24) is 9.13 Å². The fourth-order valence-corrected chi connectivity index (χ4v) is 2.56. The number of aryl methyl sites for hydroxylation is 1. The lowest BCUT2D eigenvalue weighted by molar-refractivity contribution is -0.0578. The van der Waals surface area contributed by atoms with E-state index in [0.29, 0.717) is 12.0 Å². The Hall–Kier alpha value is -2.32. The molecule has 0 radical (unpaired) electrons. The van der Waals surface area contributed by atoms with Crippen LogP contribution >= 0.6 is 0 Å². The topological polar surface area (TPSA) is 82.7 Å². The molecule has 1 aliphatic rings. The second-order valence-corrected chi connectivity index (χ2v) is 5.20. The lowest BCUT2D eigenvalue weighted by Gasteiger charge is -2.16. The molecule has 122 valence electrons. The van der Waals surface area contributed by atoms with E-state index in [-0.39, 0.29) is 19.8 Å². The van der Waals surface area contributed by atoms with E-state index in [1.165, 1.54) is 10.8 Å². The van der Waals surface area contributed by atoms with Crippen molar-refractivity contribution >= 4 is 0 Å². The molecule has 23 heavy (non-hydrogen) atoms. The van der Waals surface area contributed by atoms with Gasteiger partial charge in [-0.1, -0.05) is 11.8 Å². The number of terminal acetylenes is 2. The monoisotopic (exact) mass is 318 g/mol. The molecule has 0 bridgehead atoms. The SMILES string of the molecule is C#CCO[C@H]1C[C@H](n2cc(C)c(=O)n(CC#C)c2=O)O[C@@H]1CO. The van der Waals surface area contributed by atoms with Gasteiger partial charge < -0.3 is 14.6 Å². The Labute approximate surface area is 133 Å². The van der Waals surface area contributed by atoms with E-state index in [4.69, 9.17) is 22.3 Å². The summed E-state index contributed by atoms with van der Waals surface area (Å²) in [5, 5.41) is 9.38. The molecule has 2 rings (SSSR count). The van der Waals surface area contributed by atoms with Gasteiger partial charge in [0.15, 0.2) is 0 Å². The van der Waals surface area contributed by atoms with Crippen LogP contribution in [0.25, 0.3) is 0 Å². The summed E-state index contributed by atoms with van der Waals surface area (Å²) in [6, 6.07) is 0. The van der Waals surface area contributed by atoms with Gasteiger partial charge in [0.2, 0.25) is 0 Å². The number of aliphatic hydroxyl groups is 1. The van der Waals surface area contributed by atoms with Crippen molar-refractivity contribution < 1.29 is 14.6 Å². The van der Waals surface area contributed by atoms with E-state index >= 15 is 0 Å². The number of rotatable bonds is 5. The van der Waals surface area contributed by atoms with E-state index in [1.807, 2.05) is 0 Å². The Bertz CT molecular complexity index is 765. The number of aliphatic hydroxyl groups excluding tert-OH is 1. The fraction of sp³-hybridized carbons (Fsp3) is 0.500. The molecule has 1 fully saturated rings. The third kappa shape index (κ3) is 3.38. The van der Waals surface area contributed by atoms with Gasteiger partial charge in [-0.05, 0) is 6.92 Å². The number of nitrogens with zero attached hydrogens (tertiary/aromatic N) is 2. The second-order valence-electron chi connectivity index (χ2n) is 5.20. The minimum Gasteiger partial charge on any atom is -0.394 e. The Morgan fingerprint density at radius 1 is 1.43 bits per heavy atom. The highest BCUT2D eigenvalue weighted by Gasteiger charge is 2.37. The normalized spacial score (nSPS) is 23.4. The molecule has 0 aromatic carbocycles. The summed E-state index contributed by atoms with van der Waals surface area (Å²) in [7, 11) is 0. The minimum atomic E-state index is -0.661. The smallest absolute Gasteiger partial charge is 0.333 e. The number of hydrogen-bond donors (Lipinski definition) is 1. The molecule has 1 aliphatic heterocycles. The van der Waals surface area contributed by atoms with Crippen LogP contribution in [0.4, 0.5) is 0 Å². The van der Waals surface area contributed by atoms with Crippen LogP contribution in [0.1, 0.15) is 18.2 Å². The zero-order valence-electron chi connectivity index (χ0n) is 12.8. The van der Waals surface area contributed by atoms with Gasteiger partial charge in [0.1, 0.15) is 18.9 Å². The molecule has 1 saturated heterocycles. The first-order chi connectivity index (χ1) is 11.0. The van der Waals surface area contributed by atoms with Crippen molar-refractivity contribution in [3.63, 3.8) is 0 Å². The first-order valence-electron chi connectivity index (χ1n) is 7.10. The summed E-state index contributed by atoms with van der Waals surface area (Å²) in [5.41, 5.74) is -0.615. The zero-order valence-corrected chi connectivity index (χ0v) is 12.8. The average molecular weight is 318 g/mol. The van der Waals surface area contributed by atoms with Crippen molar-refractivity contribution in [2.24, 2.45) is 0 Å². The third-order valence-corrected chi connectivity index (χ3v) is 3.67. The maximum atomic E-state index is 12.4.